The van der Waals surface area contributed by atoms with E-state index in [4.69, 9.17) is 0 Å². The highest BCUT2D eigenvalue weighted by Gasteiger charge is 2.50. The van der Waals surface area contributed by atoms with Gasteiger partial charge in [-0.3, -0.25) is 9.69 Å². The highest BCUT2D eigenvalue weighted by atomic mass is 16.2. The number of imidazole rings is 1. The van der Waals surface area contributed by atoms with Crippen molar-refractivity contribution in [2.24, 2.45) is 13.0 Å². The van der Waals surface area contributed by atoms with E-state index >= 15 is 0 Å². The van der Waals surface area contributed by atoms with Gasteiger partial charge in [0.2, 0.25) is 0 Å². The van der Waals surface area contributed by atoms with Gasteiger partial charge in [0.25, 0.3) is 5.91 Å². The van der Waals surface area contributed by atoms with Gasteiger partial charge in [0.1, 0.15) is 5.69 Å². The summed E-state index contributed by atoms with van der Waals surface area (Å²) in [6, 6.07) is 10.4. The number of piperidine rings is 2. The van der Waals surface area contributed by atoms with Gasteiger partial charge in [-0.05, 0) is 44.2 Å². The van der Waals surface area contributed by atoms with Crippen LogP contribution in [0.25, 0.3) is 0 Å². The Bertz CT molecular complexity index is 746. The van der Waals surface area contributed by atoms with E-state index < -0.39 is 0 Å². The van der Waals surface area contributed by atoms with E-state index in [1.807, 2.05) is 17.7 Å². The lowest BCUT2D eigenvalue weighted by atomic mass is 9.66. The molecule has 1 aromatic carbocycles. The van der Waals surface area contributed by atoms with Gasteiger partial charge in [-0.25, -0.2) is 4.98 Å². The molecule has 2 aromatic rings. The van der Waals surface area contributed by atoms with Gasteiger partial charge in [0.05, 0.1) is 12.4 Å². The molecule has 5 rings (SSSR count). The molecule has 2 saturated heterocycles. The van der Waals surface area contributed by atoms with Crippen molar-refractivity contribution >= 4 is 5.91 Å². The van der Waals surface area contributed by atoms with Crippen molar-refractivity contribution < 1.29 is 4.79 Å². The summed E-state index contributed by atoms with van der Waals surface area (Å²) in [6.45, 7) is 1.13. The maximum absolute atomic E-state index is 12.9. The summed E-state index contributed by atoms with van der Waals surface area (Å²) >= 11 is 0. The zero-order valence-corrected chi connectivity index (χ0v) is 15.0. The van der Waals surface area contributed by atoms with Gasteiger partial charge >= 0.3 is 0 Å². The minimum atomic E-state index is -0.0927. The predicted molar refractivity (Wildman–Crippen MR) is 97.2 cm³/mol. The number of aryl methyl sites for hydroxylation is 1. The molecular formula is C20H26N4O. The maximum Gasteiger partial charge on any atom is 0.272 e. The third-order valence-corrected chi connectivity index (χ3v) is 6.15. The summed E-state index contributed by atoms with van der Waals surface area (Å²) in [4.78, 5) is 19.6. The van der Waals surface area contributed by atoms with E-state index in [0.717, 1.165) is 25.3 Å². The normalized spacial score (nSPS) is 27.2. The predicted octanol–water partition coefficient (Wildman–Crippen LogP) is 2.77. The second kappa shape index (κ2) is 6.30. The summed E-state index contributed by atoms with van der Waals surface area (Å²) in [5.74, 6) is 0.722. The highest BCUT2D eigenvalue weighted by molar-refractivity contribution is 5.92. The van der Waals surface area contributed by atoms with Crippen molar-refractivity contribution in [1.82, 2.24) is 19.8 Å². The molecule has 1 saturated carbocycles. The van der Waals surface area contributed by atoms with E-state index in [-0.39, 0.29) is 17.5 Å². The van der Waals surface area contributed by atoms with E-state index in [1.165, 1.54) is 18.4 Å². The standard InChI is InChI=1S/C20H26N4O/c1-23-13-17(21-14-23)19(25)22-18(16-6-4-3-5-7-16)20-10-8-15(9-11-20)12-24(20)2/h3-7,13-15,18H,8-12H2,1-2H3,(H,22,25)/t15?,18-,20?/m1/s1. The molecule has 3 heterocycles. The van der Waals surface area contributed by atoms with E-state index in [1.54, 1.807) is 12.5 Å². The Morgan fingerprint density at radius 3 is 2.56 bits per heavy atom. The van der Waals surface area contributed by atoms with Crippen LogP contribution in [0.15, 0.2) is 42.9 Å². The fourth-order valence-corrected chi connectivity index (χ4v) is 4.73. The smallest absolute Gasteiger partial charge is 0.272 e. The second-order valence-corrected chi connectivity index (χ2v) is 7.67. The quantitative estimate of drug-likeness (QED) is 0.933. The Morgan fingerprint density at radius 1 is 1.24 bits per heavy atom. The van der Waals surface area contributed by atoms with Gasteiger partial charge in [0, 0.05) is 25.3 Å². The average molecular weight is 338 g/mol. The second-order valence-electron chi connectivity index (χ2n) is 7.67. The van der Waals surface area contributed by atoms with Crippen LogP contribution in [0, 0.1) is 5.92 Å². The van der Waals surface area contributed by atoms with Crippen molar-refractivity contribution in [1.29, 1.82) is 0 Å². The molecule has 0 spiro atoms. The molecule has 5 nitrogen and oxygen atoms in total. The molecule has 5 heteroatoms. The van der Waals surface area contributed by atoms with Crippen LogP contribution in [0.1, 0.15) is 47.8 Å². The largest absolute Gasteiger partial charge is 0.342 e. The molecular weight excluding hydrogens is 312 g/mol. The third-order valence-electron chi connectivity index (χ3n) is 6.15. The number of aromatic nitrogens is 2. The molecule has 0 radical (unpaired) electrons. The fourth-order valence-electron chi connectivity index (χ4n) is 4.73. The summed E-state index contributed by atoms with van der Waals surface area (Å²) in [5.41, 5.74) is 1.66. The molecule has 1 aromatic heterocycles. The van der Waals surface area contributed by atoms with Crippen molar-refractivity contribution in [3.8, 4) is 0 Å². The van der Waals surface area contributed by atoms with Gasteiger partial charge in [-0.2, -0.15) is 0 Å². The molecule has 132 valence electrons. The number of hydrogen-bond donors (Lipinski definition) is 1. The van der Waals surface area contributed by atoms with E-state index in [2.05, 4.69) is 46.5 Å². The Kier molecular flexibility index (Phi) is 4.12. The number of fused-ring (bicyclic) bond motifs is 3. The van der Waals surface area contributed by atoms with Crippen LogP contribution in [-0.2, 0) is 7.05 Å². The highest BCUT2D eigenvalue weighted by Crippen LogP contribution is 2.48. The number of likely N-dealkylation sites (N-methyl/N-ethyl adjacent to an activating group) is 1. The molecule has 2 bridgehead atoms. The van der Waals surface area contributed by atoms with Gasteiger partial charge in [-0.1, -0.05) is 30.3 Å². The number of carbonyl (C=O) groups is 1. The number of carbonyl (C=O) groups excluding carboxylic acids is 1. The Labute approximate surface area is 149 Å². The van der Waals surface area contributed by atoms with Gasteiger partial charge < -0.3 is 9.88 Å². The molecule has 3 aliphatic rings. The zero-order chi connectivity index (χ0) is 17.4. The zero-order valence-electron chi connectivity index (χ0n) is 15.0. The minimum Gasteiger partial charge on any atom is -0.342 e. The number of hydrogen-bond acceptors (Lipinski definition) is 3. The molecule has 1 aliphatic carbocycles. The summed E-state index contributed by atoms with van der Waals surface area (Å²) in [7, 11) is 4.10. The molecule has 3 fully saturated rings. The summed E-state index contributed by atoms with van der Waals surface area (Å²) in [6.07, 6.45) is 8.23. The lowest BCUT2D eigenvalue weighted by Gasteiger charge is -2.57. The number of amides is 1. The number of benzene rings is 1. The Balaban J connectivity index is 1.68. The average Bonchev–Trinajstić information content (AvgIpc) is 3.08. The van der Waals surface area contributed by atoms with E-state index in [0.29, 0.717) is 5.69 Å². The summed E-state index contributed by atoms with van der Waals surface area (Å²) in [5, 5.41) is 3.32. The van der Waals surface area contributed by atoms with Crippen LogP contribution in [0.4, 0.5) is 0 Å². The van der Waals surface area contributed by atoms with Crippen LogP contribution in [0.3, 0.4) is 0 Å². The van der Waals surface area contributed by atoms with Crippen molar-refractivity contribution in [2.75, 3.05) is 13.6 Å². The first-order valence-corrected chi connectivity index (χ1v) is 9.13. The SMILES string of the molecule is CN1CC2CCC1([C@H](NC(=O)c1cn(C)cn1)c1ccccc1)CC2. The number of rotatable bonds is 4. The molecule has 25 heavy (non-hydrogen) atoms. The number of nitrogens with one attached hydrogen (secondary N) is 1. The van der Waals surface area contributed by atoms with Crippen LogP contribution in [0.2, 0.25) is 0 Å². The Hall–Kier alpha value is -2.14. The third kappa shape index (κ3) is 2.86. The lowest BCUT2D eigenvalue weighted by molar-refractivity contribution is -0.0404. The van der Waals surface area contributed by atoms with Crippen LogP contribution in [0.5, 0.6) is 0 Å². The van der Waals surface area contributed by atoms with E-state index in [9.17, 15) is 4.79 Å². The van der Waals surface area contributed by atoms with Crippen LogP contribution in [-0.4, -0.2) is 39.5 Å². The monoisotopic (exact) mass is 338 g/mol. The van der Waals surface area contributed by atoms with Gasteiger partial charge in [-0.15, -0.1) is 0 Å². The van der Waals surface area contributed by atoms with Crippen LogP contribution >= 0.6 is 0 Å². The van der Waals surface area contributed by atoms with Gasteiger partial charge in [0.15, 0.2) is 0 Å². The topological polar surface area (TPSA) is 50.2 Å². The van der Waals surface area contributed by atoms with Crippen molar-refractivity contribution in [3.63, 3.8) is 0 Å². The lowest BCUT2D eigenvalue weighted by Crippen LogP contribution is -2.62. The summed E-state index contributed by atoms with van der Waals surface area (Å²) < 4.78 is 1.81. The van der Waals surface area contributed by atoms with Crippen LogP contribution < -0.4 is 5.32 Å². The first-order valence-electron chi connectivity index (χ1n) is 9.13. The molecule has 1 amide bonds. The maximum atomic E-state index is 12.9. The first kappa shape index (κ1) is 16.3. The molecule has 0 unspecified atom stereocenters. The molecule has 1 atom stereocenters. The first-order chi connectivity index (χ1) is 12.1. The molecule has 1 N–H and O–H groups in total. The van der Waals surface area contributed by atoms with Crippen molar-refractivity contribution in [3.05, 3.63) is 54.1 Å². The fraction of sp³-hybridized carbons (Fsp3) is 0.500. The van der Waals surface area contributed by atoms with Crippen molar-refractivity contribution in [2.45, 2.75) is 37.3 Å². The number of nitrogens with zero attached hydrogens (tertiary/aromatic N) is 3. The molecule has 2 aliphatic heterocycles. The minimum absolute atomic E-state index is 0.000539. The Morgan fingerprint density at radius 2 is 1.96 bits per heavy atom.